The Bertz CT molecular complexity index is 235. The number of aryl methyl sites for hydroxylation is 1. The number of hydrogen-bond donors (Lipinski definition) is 1. The molecule has 0 saturated heterocycles. The van der Waals surface area contributed by atoms with Crippen LogP contribution in [-0.4, -0.2) is 18.1 Å². The Morgan fingerprint density at radius 1 is 1.75 bits per heavy atom. The van der Waals surface area contributed by atoms with E-state index in [1.165, 1.54) is 4.88 Å². The van der Waals surface area contributed by atoms with E-state index in [4.69, 9.17) is 10.5 Å². The SMILES string of the molecule is COc1ncc(CC[C@@H](C)N)s1. The van der Waals surface area contributed by atoms with Gasteiger partial charge in [-0.15, -0.1) is 0 Å². The van der Waals surface area contributed by atoms with E-state index < -0.39 is 0 Å². The summed E-state index contributed by atoms with van der Waals surface area (Å²) in [7, 11) is 1.63. The Labute approximate surface area is 76.6 Å². The third-order valence-corrected chi connectivity index (χ3v) is 2.57. The molecule has 0 aromatic carbocycles. The molecule has 4 heteroatoms. The summed E-state index contributed by atoms with van der Waals surface area (Å²) in [6.07, 6.45) is 3.86. The van der Waals surface area contributed by atoms with E-state index in [0.717, 1.165) is 18.0 Å². The Balaban J connectivity index is 2.41. The van der Waals surface area contributed by atoms with Crippen LogP contribution < -0.4 is 10.5 Å². The van der Waals surface area contributed by atoms with Crippen LogP contribution in [0, 0.1) is 0 Å². The summed E-state index contributed by atoms with van der Waals surface area (Å²) in [6, 6.07) is 0.262. The normalized spacial score (nSPS) is 12.9. The fraction of sp³-hybridized carbons (Fsp3) is 0.625. The minimum atomic E-state index is 0.262. The smallest absolute Gasteiger partial charge is 0.273 e. The molecule has 1 atom stereocenters. The van der Waals surface area contributed by atoms with Crippen molar-refractivity contribution >= 4 is 11.3 Å². The zero-order chi connectivity index (χ0) is 8.97. The van der Waals surface area contributed by atoms with E-state index in [-0.39, 0.29) is 6.04 Å². The lowest BCUT2D eigenvalue weighted by molar-refractivity contribution is 0.412. The van der Waals surface area contributed by atoms with Gasteiger partial charge in [0.05, 0.1) is 7.11 Å². The molecule has 12 heavy (non-hydrogen) atoms. The molecule has 3 nitrogen and oxygen atoms in total. The zero-order valence-electron chi connectivity index (χ0n) is 7.41. The van der Waals surface area contributed by atoms with E-state index in [1.807, 2.05) is 13.1 Å². The number of ether oxygens (including phenoxy) is 1. The summed E-state index contributed by atoms with van der Waals surface area (Å²) in [5.74, 6) is 0. The predicted molar refractivity (Wildman–Crippen MR) is 50.6 cm³/mol. The van der Waals surface area contributed by atoms with E-state index in [9.17, 15) is 0 Å². The van der Waals surface area contributed by atoms with Crippen molar-refractivity contribution in [3.05, 3.63) is 11.1 Å². The molecule has 0 bridgehead atoms. The topological polar surface area (TPSA) is 48.1 Å². The molecule has 0 spiro atoms. The molecule has 0 aliphatic heterocycles. The Morgan fingerprint density at radius 3 is 3.00 bits per heavy atom. The van der Waals surface area contributed by atoms with Gasteiger partial charge in [0.1, 0.15) is 0 Å². The van der Waals surface area contributed by atoms with Crippen molar-refractivity contribution in [2.75, 3.05) is 7.11 Å². The second kappa shape index (κ2) is 4.42. The lowest BCUT2D eigenvalue weighted by Crippen LogP contribution is -2.14. The van der Waals surface area contributed by atoms with Crippen LogP contribution in [0.15, 0.2) is 6.20 Å². The van der Waals surface area contributed by atoms with Gasteiger partial charge in [0.2, 0.25) is 0 Å². The minimum Gasteiger partial charge on any atom is -0.473 e. The molecular formula is C8H14N2OS. The van der Waals surface area contributed by atoms with Crippen molar-refractivity contribution in [2.45, 2.75) is 25.8 Å². The maximum Gasteiger partial charge on any atom is 0.273 e. The van der Waals surface area contributed by atoms with Gasteiger partial charge in [0.25, 0.3) is 5.19 Å². The van der Waals surface area contributed by atoms with Gasteiger partial charge in [-0.3, -0.25) is 0 Å². The van der Waals surface area contributed by atoms with E-state index >= 15 is 0 Å². The van der Waals surface area contributed by atoms with E-state index in [1.54, 1.807) is 18.4 Å². The summed E-state index contributed by atoms with van der Waals surface area (Å²) in [6.45, 7) is 2.01. The van der Waals surface area contributed by atoms with E-state index in [2.05, 4.69) is 4.98 Å². The second-order valence-corrected chi connectivity index (χ2v) is 3.89. The monoisotopic (exact) mass is 186 g/mol. The number of hydrogen-bond acceptors (Lipinski definition) is 4. The summed E-state index contributed by atoms with van der Waals surface area (Å²) in [5, 5.41) is 0.731. The van der Waals surface area contributed by atoms with Crippen LogP contribution >= 0.6 is 11.3 Å². The third kappa shape index (κ3) is 2.79. The van der Waals surface area contributed by atoms with Crippen molar-refractivity contribution in [3.63, 3.8) is 0 Å². The van der Waals surface area contributed by atoms with Gasteiger partial charge in [-0.25, -0.2) is 4.98 Å². The van der Waals surface area contributed by atoms with Gasteiger partial charge in [0.15, 0.2) is 0 Å². The molecule has 1 aromatic heterocycles. The Kier molecular flexibility index (Phi) is 3.49. The highest BCUT2D eigenvalue weighted by Crippen LogP contribution is 2.21. The fourth-order valence-electron chi connectivity index (χ4n) is 0.869. The fourth-order valence-corrected chi connectivity index (χ4v) is 1.61. The molecule has 0 unspecified atom stereocenters. The zero-order valence-corrected chi connectivity index (χ0v) is 8.23. The van der Waals surface area contributed by atoms with Gasteiger partial charge in [-0.1, -0.05) is 11.3 Å². The molecule has 0 amide bonds. The van der Waals surface area contributed by atoms with Crippen LogP contribution in [0.1, 0.15) is 18.2 Å². The maximum atomic E-state index is 5.63. The molecule has 2 N–H and O–H groups in total. The van der Waals surface area contributed by atoms with Crippen molar-refractivity contribution < 1.29 is 4.74 Å². The molecule has 0 aliphatic carbocycles. The third-order valence-electron chi connectivity index (χ3n) is 1.55. The first-order chi connectivity index (χ1) is 5.72. The van der Waals surface area contributed by atoms with Crippen LogP contribution in [0.5, 0.6) is 5.19 Å². The van der Waals surface area contributed by atoms with Crippen LogP contribution in [0.4, 0.5) is 0 Å². The quantitative estimate of drug-likeness (QED) is 0.774. The van der Waals surface area contributed by atoms with Crippen LogP contribution in [0.25, 0.3) is 0 Å². The lowest BCUT2D eigenvalue weighted by Gasteiger charge is -2.00. The highest BCUT2D eigenvalue weighted by atomic mass is 32.1. The molecular weight excluding hydrogens is 172 g/mol. The first-order valence-corrected chi connectivity index (χ1v) is 4.78. The number of rotatable bonds is 4. The number of nitrogens with zero attached hydrogens (tertiary/aromatic N) is 1. The molecule has 1 aromatic rings. The summed E-state index contributed by atoms with van der Waals surface area (Å²) < 4.78 is 4.98. The Morgan fingerprint density at radius 2 is 2.50 bits per heavy atom. The van der Waals surface area contributed by atoms with Crippen molar-refractivity contribution in [3.8, 4) is 5.19 Å². The highest BCUT2D eigenvalue weighted by molar-refractivity contribution is 7.13. The molecule has 0 fully saturated rings. The number of nitrogens with two attached hydrogens (primary N) is 1. The van der Waals surface area contributed by atoms with Gasteiger partial charge >= 0.3 is 0 Å². The second-order valence-electron chi connectivity index (χ2n) is 2.81. The summed E-state index contributed by atoms with van der Waals surface area (Å²) in [4.78, 5) is 5.31. The van der Waals surface area contributed by atoms with Gasteiger partial charge < -0.3 is 10.5 Å². The van der Waals surface area contributed by atoms with Gasteiger partial charge in [0, 0.05) is 17.1 Å². The predicted octanol–water partition coefficient (Wildman–Crippen LogP) is 1.43. The minimum absolute atomic E-state index is 0.262. The molecule has 0 aliphatic rings. The van der Waals surface area contributed by atoms with Gasteiger partial charge in [-0.2, -0.15) is 0 Å². The largest absolute Gasteiger partial charge is 0.473 e. The van der Waals surface area contributed by atoms with Gasteiger partial charge in [-0.05, 0) is 19.8 Å². The van der Waals surface area contributed by atoms with Crippen molar-refractivity contribution in [1.82, 2.24) is 4.98 Å². The summed E-state index contributed by atoms with van der Waals surface area (Å²) in [5.41, 5.74) is 5.63. The maximum absolute atomic E-state index is 5.63. The lowest BCUT2D eigenvalue weighted by atomic mass is 10.2. The molecule has 0 saturated carbocycles. The number of methoxy groups -OCH3 is 1. The standard InChI is InChI=1S/C8H14N2OS/c1-6(9)3-4-7-5-10-8(11-2)12-7/h5-6H,3-4,9H2,1-2H3/t6-/m1/s1. The average molecular weight is 186 g/mol. The average Bonchev–Trinajstić information content (AvgIpc) is 2.48. The highest BCUT2D eigenvalue weighted by Gasteiger charge is 2.02. The first-order valence-electron chi connectivity index (χ1n) is 3.96. The molecule has 68 valence electrons. The Hall–Kier alpha value is -0.610. The van der Waals surface area contributed by atoms with Crippen molar-refractivity contribution in [2.24, 2.45) is 5.73 Å². The van der Waals surface area contributed by atoms with Crippen LogP contribution in [0.2, 0.25) is 0 Å². The summed E-state index contributed by atoms with van der Waals surface area (Å²) >= 11 is 1.59. The molecule has 1 heterocycles. The molecule has 0 radical (unpaired) electrons. The number of aromatic nitrogens is 1. The first kappa shape index (κ1) is 9.48. The van der Waals surface area contributed by atoms with Crippen molar-refractivity contribution in [1.29, 1.82) is 0 Å². The van der Waals surface area contributed by atoms with E-state index in [0.29, 0.717) is 0 Å². The number of thiazole rings is 1. The van der Waals surface area contributed by atoms with Crippen LogP contribution in [-0.2, 0) is 6.42 Å². The molecule has 1 rings (SSSR count). The van der Waals surface area contributed by atoms with Crippen LogP contribution in [0.3, 0.4) is 0 Å².